The molecule has 0 aliphatic carbocycles. The van der Waals surface area contributed by atoms with Crippen LogP contribution < -0.4 is 5.32 Å². The lowest BCUT2D eigenvalue weighted by Crippen LogP contribution is -2.42. The van der Waals surface area contributed by atoms with E-state index in [4.69, 9.17) is 0 Å². The summed E-state index contributed by atoms with van der Waals surface area (Å²) >= 11 is 0. The van der Waals surface area contributed by atoms with Gasteiger partial charge >= 0.3 is 0 Å². The minimum atomic E-state index is 0.724. The van der Waals surface area contributed by atoms with E-state index in [-0.39, 0.29) is 0 Å². The van der Waals surface area contributed by atoms with Gasteiger partial charge in [-0.3, -0.25) is 0 Å². The third-order valence-electron chi connectivity index (χ3n) is 3.71. The highest BCUT2D eigenvalue weighted by Crippen LogP contribution is 2.16. The second-order valence-corrected chi connectivity index (χ2v) is 5.20. The Labute approximate surface area is 95.4 Å². The van der Waals surface area contributed by atoms with Crippen molar-refractivity contribution < 1.29 is 0 Å². The van der Waals surface area contributed by atoms with Gasteiger partial charge < -0.3 is 10.2 Å². The second kappa shape index (κ2) is 6.49. The standard InChI is InChI=1S/C13H28N2/c1-5-7-11(3)13(6-2)14-12-8-9-15(4)10-12/h11-14H,5-10H2,1-4H3. The highest BCUT2D eigenvalue weighted by molar-refractivity contribution is 4.83. The second-order valence-electron chi connectivity index (χ2n) is 5.20. The van der Waals surface area contributed by atoms with Crippen molar-refractivity contribution in [3.63, 3.8) is 0 Å². The summed E-state index contributed by atoms with van der Waals surface area (Å²) in [4.78, 5) is 2.43. The maximum absolute atomic E-state index is 3.84. The van der Waals surface area contributed by atoms with Gasteiger partial charge in [-0.2, -0.15) is 0 Å². The van der Waals surface area contributed by atoms with E-state index in [0.29, 0.717) is 0 Å². The summed E-state index contributed by atoms with van der Waals surface area (Å²) in [6, 6.07) is 1.46. The Kier molecular flexibility index (Phi) is 5.62. The monoisotopic (exact) mass is 212 g/mol. The fourth-order valence-electron chi connectivity index (χ4n) is 2.71. The Bertz CT molecular complexity index is 170. The summed E-state index contributed by atoms with van der Waals surface area (Å²) in [6.07, 6.45) is 5.26. The molecule has 1 saturated heterocycles. The molecular weight excluding hydrogens is 184 g/mol. The Balaban J connectivity index is 2.32. The zero-order valence-corrected chi connectivity index (χ0v) is 10.9. The molecule has 2 nitrogen and oxygen atoms in total. The van der Waals surface area contributed by atoms with Gasteiger partial charge in [0.2, 0.25) is 0 Å². The molecule has 2 heteroatoms. The van der Waals surface area contributed by atoms with Gasteiger partial charge in [0.05, 0.1) is 0 Å². The normalized spacial score (nSPS) is 26.8. The van der Waals surface area contributed by atoms with Gasteiger partial charge in [0.15, 0.2) is 0 Å². The number of likely N-dealkylation sites (N-methyl/N-ethyl adjacent to an activating group) is 1. The van der Waals surface area contributed by atoms with Crippen LogP contribution in [0.5, 0.6) is 0 Å². The fraction of sp³-hybridized carbons (Fsp3) is 1.00. The minimum absolute atomic E-state index is 0.724. The van der Waals surface area contributed by atoms with E-state index in [0.717, 1.165) is 18.0 Å². The lowest BCUT2D eigenvalue weighted by molar-refractivity contribution is 0.306. The quantitative estimate of drug-likeness (QED) is 0.728. The van der Waals surface area contributed by atoms with Crippen LogP contribution in [0.1, 0.15) is 46.5 Å². The average Bonchev–Trinajstić information content (AvgIpc) is 2.61. The van der Waals surface area contributed by atoms with Crippen molar-refractivity contribution >= 4 is 0 Å². The molecule has 3 unspecified atom stereocenters. The molecule has 90 valence electrons. The van der Waals surface area contributed by atoms with Gasteiger partial charge in [-0.15, -0.1) is 0 Å². The van der Waals surface area contributed by atoms with E-state index >= 15 is 0 Å². The predicted octanol–water partition coefficient (Wildman–Crippen LogP) is 2.49. The fourth-order valence-corrected chi connectivity index (χ4v) is 2.71. The molecule has 0 amide bonds. The summed E-state index contributed by atoms with van der Waals surface area (Å²) in [5.74, 6) is 0.825. The van der Waals surface area contributed by atoms with E-state index in [1.807, 2.05) is 0 Å². The summed E-state index contributed by atoms with van der Waals surface area (Å²) in [5, 5.41) is 3.84. The van der Waals surface area contributed by atoms with Crippen LogP contribution in [0.25, 0.3) is 0 Å². The van der Waals surface area contributed by atoms with E-state index in [9.17, 15) is 0 Å². The lowest BCUT2D eigenvalue weighted by atomic mass is 9.94. The van der Waals surface area contributed by atoms with Crippen LogP contribution in [0.2, 0.25) is 0 Å². The molecule has 0 bridgehead atoms. The van der Waals surface area contributed by atoms with Gasteiger partial charge in [0.1, 0.15) is 0 Å². The summed E-state index contributed by atoms with van der Waals surface area (Å²) in [6.45, 7) is 9.48. The van der Waals surface area contributed by atoms with Crippen molar-refractivity contribution in [2.75, 3.05) is 20.1 Å². The van der Waals surface area contributed by atoms with Crippen LogP contribution in [0.4, 0.5) is 0 Å². The molecule has 3 atom stereocenters. The lowest BCUT2D eigenvalue weighted by Gasteiger charge is -2.27. The number of nitrogens with zero attached hydrogens (tertiary/aromatic N) is 1. The zero-order valence-electron chi connectivity index (χ0n) is 10.9. The number of likely N-dealkylation sites (tertiary alicyclic amines) is 1. The van der Waals surface area contributed by atoms with E-state index < -0.39 is 0 Å². The SMILES string of the molecule is CCCC(C)C(CC)NC1CCN(C)C1. The number of hydrogen-bond donors (Lipinski definition) is 1. The minimum Gasteiger partial charge on any atom is -0.310 e. The van der Waals surface area contributed by atoms with Gasteiger partial charge in [-0.25, -0.2) is 0 Å². The molecule has 0 aromatic rings. The molecule has 15 heavy (non-hydrogen) atoms. The van der Waals surface area contributed by atoms with Crippen molar-refractivity contribution in [2.24, 2.45) is 5.92 Å². The molecule has 0 saturated carbocycles. The molecular formula is C13H28N2. The van der Waals surface area contributed by atoms with E-state index in [2.05, 4.69) is 38.0 Å². The topological polar surface area (TPSA) is 15.3 Å². The molecule has 1 fully saturated rings. The molecule has 1 rings (SSSR count). The van der Waals surface area contributed by atoms with Crippen molar-refractivity contribution in [3.8, 4) is 0 Å². The first-order valence-corrected chi connectivity index (χ1v) is 6.61. The predicted molar refractivity (Wildman–Crippen MR) is 67.2 cm³/mol. The molecule has 0 spiro atoms. The zero-order chi connectivity index (χ0) is 11.3. The smallest absolute Gasteiger partial charge is 0.0209 e. The van der Waals surface area contributed by atoms with Crippen LogP contribution in [0.15, 0.2) is 0 Å². The molecule has 1 N–H and O–H groups in total. The molecule has 0 aromatic carbocycles. The Morgan fingerprint density at radius 3 is 2.60 bits per heavy atom. The van der Waals surface area contributed by atoms with Crippen LogP contribution >= 0.6 is 0 Å². The first kappa shape index (κ1) is 13.0. The van der Waals surface area contributed by atoms with Crippen molar-refractivity contribution in [3.05, 3.63) is 0 Å². The first-order valence-electron chi connectivity index (χ1n) is 6.61. The Morgan fingerprint density at radius 1 is 1.40 bits per heavy atom. The molecule has 0 radical (unpaired) electrons. The van der Waals surface area contributed by atoms with Crippen LogP contribution in [0.3, 0.4) is 0 Å². The summed E-state index contributed by atoms with van der Waals surface area (Å²) < 4.78 is 0. The van der Waals surface area contributed by atoms with Gasteiger partial charge in [0, 0.05) is 18.6 Å². The maximum atomic E-state index is 3.84. The van der Waals surface area contributed by atoms with Crippen LogP contribution in [-0.4, -0.2) is 37.1 Å². The average molecular weight is 212 g/mol. The van der Waals surface area contributed by atoms with Crippen molar-refractivity contribution in [1.29, 1.82) is 0 Å². The van der Waals surface area contributed by atoms with Gasteiger partial charge in [-0.05, 0) is 38.8 Å². The number of nitrogens with one attached hydrogen (secondary N) is 1. The summed E-state index contributed by atoms with van der Waals surface area (Å²) in [7, 11) is 2.22. The number of rotatable bonds is 6. The molecule has 1 heterocycles. The maximum Gasteiger partial charge on any atom is 0.0209 e. The molecule has 0 aromatic heterocycles. The van der Waals surface area contributed by atoms with E-state index in [1.54, 1.807) is 0 Å². The largest absolute Gasteiger partial charge is 0.310 e. The van der Waals surface area contributed by atoms with Gasteiger partial charge in [-0.1, -0.05) is 27.2 Å². The Morgan fingerprint density at radius 2 is 2.13 bits per heavy atom. The highest BCUT2D eigenvalue weighted by atomic mass is 15.2. The van der Waals surface area contributed by atoms with Crippen molar-refractivity contribution in [2.45, 2.75) is 58.5 Å². The van der Waals surface area contributed by atoms with Crippen LogP contribution in [0, 0.1) is 5.92 Å². The number of hydrogen-bond acceptors (Lipinski definition) is 2. The first-order chi connectivity index (χ1) is 7.17. The van der Waals surface area contributed by atoms with Crippen LogP contribution in [-0.2, 0) is 0 Å². The highest BCUT2D eigenvalue weighted by Gasteiger charge is 2.23. The van der Waals surface area contributed by atoms with E-state index in [1.165, 1.54) is 38.8 Å². The molecule has 1 aliphatic heterocycles. The third-order valence-corrected chi connectivity index (χ3v) is 3.71. The van der Waals surface area contributed by atoms with Gasteiger partial charge in [0.25, 0.3) is 0 Å². The molecule has 1 aliphatic rings. The van der Waals surface area contributed by atoms with Crippen molar-refractivity contribution in [1.82, 2.24) is 10.2 Å². The Hall–Kier alpha value is -0.0800. The summed E-state index contributed by atoms with van der Waals surface area (Å²) in [5.41, 5.74) is 0. The third kappa shape index (κ3) is 4.12.